The molecule has 6 heteroatoms. The first kappa shape index (κ1) is 19.6. The van der Waals surface area contributed by atoms with Crippen LogP contribution in [0.4, 0.5) is 5.69 Å². The van der Waals surface area contributed by atoms with E-state index in [0.717, 1.165) is 49.4 Å². The highest BCUT2D eigenvalue weighted by molar-refractivity contribution is 14.1. The van der Waals surface area contributed by atoms with Gasteiger partial charge in [-0.1, -0.05) is 6.42 Å². The van der Waals surface area contributed by atoms with Crippen LogP contribution in [0.1, 0.15) is 30.4 Å². The van der Waals surface area contributed by atoms with Gasteiger partial charge in [0.05, 0.1) is 5.69 Å². The number of rotatable bonds is 5. The minimum absolute atomic E-state index is 0.836. The zero-order chi connectivity index (χ0) is 18.5. The van der Waals surface area contributed by atoms with Gasteiger partial charge in [-0.25, -0.2) is 10.0 Å². The topological polar surface area (TPSA) is 36.9 Å². The normalized spacial score (nSPS) is 15.4. The van der Waals surface area contributed by atoms with Crippen LogP contribution in [-0.4, -0.2) is 24.4 Å². The third-order valence-electron chi connectivity index (χ3n) is 4.41. The van der Waals surface area contributed by atoms with Crippen molar-refractivity contribution in [2.45, 2.75) is 33.1 Å². The van der Waals surface area contributed by atoms with Crippen molar-refractivity contribution in [1.82, 2.24) is 10.4 Å². The smallest absolute Gasteiger partial charge is 0.130 e. The first-order valence-corrected chi connectivity index (χ1v) is 10.7. The minimum atomic E-state index is 0.836. The van der Waals surface area contributed by atoms with Crippen molar-refractivity contribution >= 4 is 50.5 Å². The summed E-state index contributed by atoms with van der Waals surface area (Å²) in [5.41, 5.74) is 6.41. The highest BCUT2D eigenvalue weighted by Crippen LogP contribution is 2.33. The SMILES string of the molecule is Cc1cc(Oc2ccc(Br)c(I)c2)c(C)cc1N=CNN1CCCCC1. The first-order chi connectivity index (χ1) is 12.5. The van der Waals surface area contributed by atoms with Gasteiger partial charge in [0.2, 0.25) is 0 Å². The molecule has 1 aliphatic rings. The Morgan fingerprint density at radius 2 is 1.88 bits per heavy atom. The van der Waals surface area contributed by atoms with Crippen LogP contribution in [0.15, 0.2) is 39.8 Å². The minimum Gasteiger partial charge on any atom is -0.457 e. The lowest BCUT2D eigenvalue weighted by molar-refractivity contribution is 0.197. The Kier molecular flexibility index (Phi) is 6.94. The lowest BCUT2D eigenvalue weighted by atomic mass is 10.1. The standard InChI is InChI=1S/C20H23BrIN3O/c1-14-11-20(26-16-6-7-17(21)18(22)12-16)15(2)10-19(14)23-13-24-25-8-4-3-5-9-25/h6-7,10-13H,3-5,8-9H2,1-2H3,(H,23,24). The Bertz CT molecular complexity index is 804. The van der Waals surface area contributed by atoms with E-state index in [1.807, 2.05) is 18.2 Å². The van der Waals surface area contributed by atoms with Crippen LogP contribution in [0.2, 0.25) is 0 Å². The van der Waals surface area contributed by atoms with Gasteiger partial charge in [-0.15, -0.1) is 0 Å². The second-order valence-electron chi connectivity index (χ2n) is 6.52. The van der Waals surface area contributed by atoms with E-state index in [-0.39, 0.29) is 0 Å². The largest absolute Gasteiger partial charge is 0.457 e. The van der Waals surface area contributed by atoms with Gasteiger partial charge < -0.3 is 10.2 Å². The van der Waals surface area contributed by atoms with Crippen LogP contribution in [0.5, 0.6) is 11.5 Å². The molecule has 0 aliphatic carbocycles. The predicted molar refractivity (Wildman–Crippen MR) is 120 cm³/mol. The molecule has 26 heavy (non-hydrogen) atoms. The number of hydrazine groups is 1. The summed E-state index contributed by atoms with van der Waals surface area (Å²) in [5, 5.41) is 2.22. The fourth-order valence-electron chi connectivity index (χ4n) is 2.89. The fraction of sp³-hybridized carbons (Fsp3) is 0.350. The summed E-state index contributed by atoms with van der Waals surface area (Å²) >= 11 is 5.80. The van der Waals surface area contributed by atoms with E-state index in [2.05, 4.69) is 79.9 Å². The summed E-state index contributed by atoms with van der Waals surface area (Å²) in [7, 11) is 0. The number of ether oxygens (including phenoxy) is 1. The number of nitrogens with zero attached hydrogens (tertiary/aromatic N) is 2. The molecule has 0 radical (unpaired) electrons. The lowest BCUT2D eigenvalue weighted by Crippen LogP contribution is -2.40. The van der Waals surface area contributed by atoms with Crippen molar-refractivity contribution in [3.63, 3.8) is 0 Å². The van der Waals surface area contributed by atoms with E-state index in [4.69, 9.17) is 4.74 Å². The molecule has 1 heterocycles. The molecule has 0 unspecified atom stereocenters. The van der Waals surface area contributed by atoms with Crippen LogP contribution in [-0.2, 0) is 0 Å². The Morgan fingerprint density at radius 1 is 1.12 bits per heavy atom. The third-order valence-corrected chi connectivity index (χ3v) is 6.74. The second kappa shape index (κ2) is 9.19. The molecule has 2 aromatic carbocycles. The van der Waals surface area contributed by atoms with Gasteiger partial charge in [0.1, 0.15) is 17.8 Å². The molecular formula is C20H23BrIN3O. The number of benzene rings is 2. The molecule has 0 atom stereocenters. The van der Waals surface area contributed by atoms with E-state index in [1.54, 1.807) is 6.34 Å². The molecule has 0 aromatic heterocycles. The number of aryl methyl sites for hydroxylation is 2. The van der Waals surface area contributed by atoms with Gasteiger partial charge in [-0.2, -0.15) is 0 Å². The number of piperidine rings is 1. The molecule has 1 aliphatic heterocycles. The maximum Gasteiger partial charge on any atom is 0.130 e. The number of nitrogens with one attached hydrogen (secondary N) is 1. The Morgan fingerprint density at radius 3 is 2.62 bits per heavy atom. The Hall–Kier alpha value is -1.12. The van der Waals surface area contributed by atoms with Gasteiger partial charge >= 0.3 is 0 Å². The van der Waals surface area contributed by atoms with E-state index in [0.29, 0.717) is 0 Å². The van der Waals surface area contributed by atoms with Crippen LogP contribution < -0.4 is 10.2 Å². The number of hydrogen-bond acceptors (Lipinski definition) is 3. The predicted octanol–water partition coefficient (Wildman–Crippen LogP) is 6.11. The molecule has 0 bridgehead atoms. The molecule has 1 saturated heterocycles. The van der Waals surface area contributed by atoms with Crippen molar-refractivity contribution in [3.05, 3.63) is 49.5 Å². The first-order valence-electron chi connectivity index (χ1n) is 8.81. The molecule has 1 fully saturated rings. The molecule has 0 saturated carbocycles. The summed E-state index contributed by atoms with van der Waals surface area (Å²) in [5.74, 6) is 1.70. The van der Waals surface area contributed by atoms with E-state index in [1.165, 1.54) is 19.3 Å². The van der Waals surface area contributed by atoms with Gasteiger partial charge in [0.15, 0.2) is 0 Å². The van der Waals surface area contributed by atoms with Crippen LogP contribution >= 0.6 is 38.5 Å². The summed E-state index contributed by atoms with van der Waals surface area (Å²) in [6.07, 6.45) is 5.62. The Balaban J connectivity index is 1.69. The van der Waals surface area contributed by atoms with E-state index < -0.39 is 0 Å². The van der Waals surface area contributed by atoms with Crippen molar-refractivity contribution in [3.8, 4) is 11.5 Å². The third kappa shape index (κ3) is 5.20. The van der Waals surface area contributed by atoms with Crippen molar-refractivity contribution in [2.24, 2.45) is 4.99 Å². The molecule has 0 spiro atoms. The Labute approximate surface area is 177 Å². The van der Waals surface area contributed by atoms with Gasteiger partial charge in [0, 0.05) is 21.1 Å². The maximum absolute atomic E-state index is 6.08. The van der Waals surface area contributed by atoms with Crippen molar-refractivity contribution in [2.75, 3.05) is 13.1 Å². The lowest BCUT2D eigenvalue weighted by Gasteiger charge is -2.25. The molecule has 1 N–H and O–H groups in total. The monoisotopic (exact) mass is 527 g/mol. The molecule has 3 rings (SSSR count). The van der Waals surface area contributed by atoms with E-state index >= 15 is 0 Å². The van der Waals surface area contributed by atoms with Gasteiger partial charge in [-0.05, 0) is 107 Å². The highest BCUT2D eigenvalue weighted by atomic mass is 127. The average molecular weight is 528 g/mol. The molecule has 0 amide bonds. The van der Waals surface area contributed by atoms with Crippen LogP contribution in [0.3, 0.4) is 0 Å². The highest BCUT2D eigenvalue weighted by Gasteiger charge is 2.09. The van der Waals surface area contributed by atoms with Crippen LogP contribution in [0.25, 0.3) is 0 Å². The summed E-state index contributed by atoms with van der Waals surface area (Å²) in [6, 6.07) is 10.1. The second-order valence-corrected chi connectivity index (χ2v) is 8.53. The molecule has 138 valence electrons. The zero-order valence-corrected chi connectivity index (χ0v) is 18.8. The van der Waals surface area contributed by atoms with Crippen molar-refractivity contribution < 1.29 is 4.74 Å². The zero-order valence-electron chi connectivity index (χ0n) is 15.1. The summed E-state index contributed by atoms with van der Waals surface area (Å²) in [4.78, 5) is 4.59. The maximum atomic E-state index is 6.08. The number of hydrogen-bond donors (Lipinski definition) is 1. The molecule has 2 aromatic rings. The van der Waals surface area contributed by atoms with Gasteiger partial charge in [-0.3, -0.25) is 0 Å². The quantitative estimate of drug-likeness (QED) is 0.289. The fourth-order valence-corrected chi connectivity index (χ4v) is 3.63. The average Bonchev–Trinajstić information content (AvgIpc) is 2.63. The number of aliphatic imine (C=N–C) groups is 1. The summed E-state index contributed by atoms with van der Waals surface area (Å²) in [6.45, 7) is 6.28. The van der Waals surface area contributed by atoms with Gasteiger partial charge in [0.25, 0.3) is 0 Å². The molecular weight excluding hydrogens is 505 g/mol. The molecule has 4 nitrogen and oxygen atoms in total. The number of halogens is 2. The van der Waals surface area contributed by atoms with Crippen LogP contribution in [0, 0.1) is 17.4 Å². The van der Waals surface area contributed by atoms with E-state index in [9.17, 15) is 0 Å². The van der Waals surface area contributed by atoms with Crippen molar-refractivity contribution in [1.29, 1.82) is 0 Å². The summed E-state index contributed by atoms with van der Waals surface area (Å²) < 4.78 is 8.28.